The fourth-order valence-corrected chi connectivity index (χ4v) is 3.03. The maximum absolute atomic E-state index is 9.67. The van der Waals surface area contributed by atoms with Gasteiger partial charge >= 0.3 is 0 Å². The van der Waals surface area contributed by atoms with Crippen LogP contribution in [0.3, 0.4) is 0 Å². The zero-order valence-corrected chi connectivity index (χ0v) is 6.95. The smallest absolute Gasteiger partial charge is 0.0600 e. The molecule has 0 aliphatic heterocycles. The molecule has 0 aromatic carbocycles. The Hall–Kier alpha value is -0.0800. The molecule has 0 saturated heterocycles. The van der Waals surface area contributed by atoms with Crippen molar-refractivity contribution in [3.05, 3.63) is 0 Å². The molecule has 2 heteroatoms. The summed E-state index contributed by atoms with van der Waals surface area (Å²) in [7, 11) is 0. The lowest BCUT2D eigenvalue weighted by Gasteiger charge is -2.29. The zero-order chi connectivity index (χ0) is 8.06. The van der Waals surface area contributed by atoms with Gasteiger partial charge in [0.1, 0.15) is 0 Å². The van der Waals surface area contributed by atoms with Crippen LogP contribution in [0.4, 0.5) is 0 Å². The van der Waals surface area contributed by atoms with Crippen molar-refractivity contribution in [2.75, 3.05) is 6.61 Å². The molecule has 2 aliphatic rings. The van der Waals surface area contributed by atoms with Crippen LogP contribution in [0.2, 0.25) is 0 Å². The minimum Gasteiger partial charge on any atom is -0.396 e. The molecule has 2 rings (SSSR count). The largest absolute Gasteiger partial charge is 0.396 e. The second-order valence-electron chi connectivity index (χ2n) is 4.35. The van der Waals surface area contributed by atoms with E-state index in [1.165, 1.54) is 6.42 Å². The first-order valence-electron chi connectivity index (χ1n) is 4.47. The van der Waals surface area contributed by atoms with Crippen LogP contribution in [-0.4, -0.2) is 22.9 Å². The van der Waals surface area contributed by atoms with E-state index in [4.69, 9.17) is 5.11 Å². The van der Waals surface area contributed by atoms with Gasteiger partial charge in [-0.2, -0.15) is 0 Å². The Labute approximate surface area is 67.2 Å². The highest BCUT2D eigenvalue weighted by Gasteiger charge is 2.55. The van der Waals surface area contributed by atoms with Gasteiger partial charge in [0.25, 0.3) is 0 Å². The van der Waals surface area contributed by atoms with Crippen LogP contribution in [0.25, 0.3) is 0 Å². The van der Waals surface area contributed by atoms with Gasteiger partial charge in [-0.3, -0.25) is 0 Å². The highest BCUT2D eigenvalue weighted by Crippen LogP contribution is 2.57. The van der Waals surface area contributed by atoms with E-state index in [9.17, 15) is 5.11 Å². The van der Waals surface area contributed by atoms with Crippen LogP contribution >= 0.6 is 0 Å². The molecular weight excluding hydrogens is 140 g/mol. The van der Waals surface area contributed by atoms with E-state index in [2.05, 4.69) is 6.92 Å². The average Bonchev–Trinajstić information content (AvgIpc) is 2.38. The van der Waals surface area contributed by atoms with E-state index in [1.807, 2.05) is 0 Å². The summed E-state index contributed by atoms with van der Waals surface area (Å²) in [5, 5.41) is 18.8. The summed E-state index contributed by atoms with van der Waals surface area (Å²) in [6, 6.07) is 0. The molecule has 11 heavy (non-hydrogen) atoms. The Kier molecular flexibility index (Phi) is 1.52. The van der Waals surface area contributed by atoms with Crippen LogP contribution in [-0.2, 0) is 0 Å². The number of aliphatic hydroxyl groups is 2. The Balaban J connectivity index is 2.24. The Morgan fingerprint density at radius 1 is 1.55 bits per heavy atom. The molecule has 2 bridgehead atoms. The first-order chi connectivity index (χ1) is 5.18. The van der Waals surface area contributed by atoms with Crippen molar-refractivity contribution >= 4 is 0 Å². The number of hydrogen-bond donors (Lipinski definition) is 2. The van der Waals surface area contributed by atoms with E-state index in [0.717, 1.165) is 12.8 Å². The maximum atomic E-state index is 9.67. The molecule has 2 aliphatic carbocycles. The van der Waals surface area contributed by atoms with Gasteiger partial charge in [-0.15, -0.1) is 0 Å². The van der Waals surface area contributed by atoms with E-state index < -0.39 is 0 Å². The lowest BCUT2D eigenvalue weighted by molar-refractivity contribution is 0.0243. The number of fused-ring (bicyclic) bond motifs is 2. The van der Waals surface area contributed by atoms with Crippen molar-refractivity contribution in [3.8, 4) is 0 Å². The zero-order valence-electron chi connectivity index (χ0n) is 6.95. The highest BCUT2D eigenvalue weighted by molar-refractivity contribution is 5.04. The van der Waals surface area contributed by atoms with Crippen LogP contribution in [0.15, 0.2) is 0 Å². The van der Waals surface area contributed by atoms with Crippen LogP contribution < -0.4 is 0 Å². The first kappa shape index (κ1) is 7.56. The predicted molar refractivity (Wildman–Crippen MR) is 42.0 cm³/mol. The van der Waals surface area contributed by atoms with Crippen molar-refractivity contribution in [2.24, 2.45) is 17.3 Å². The van der Waals surface area contributed by atoms with Gasteiger partial charge in [0, 0.05) is 6.61 Å². The highest BCUT2D eigenvalue weighted by atomic mass is 16.3. The van der Waals surface area contributed by atoms with E-state index >= 15 is 0 Å². The van der Waals surface area contributed by atoms with Crippen LogP contribution in [0.5, 0.6) is 0 Å². The van der Waals surface area contributed by atoms with Gasteiger partial charge in [0.15, 0.2) is 0 Å². The average molecular weight is 156 g/mol. The minimum absolute atomic E-state index is 0.0411. The second-order valence-corrected chi connectivity index (χ2v) is 4.35. The standard InChI is InChI=1S/C9H16O2/c1-9-3-2-6(4-8(9)11)7(9)5-10/h6-8,10-11H,2-5H2,1H3. The molecule has 64 valence electrons. The molecule has 2 nitrogen and oxygen atoms in total. The van der Waals surface area contributed by atoms with Gasteiger partial charge in [-0.25, -0.2) is 0 Å². The first-order valence-corrected chi connectivity index (χ1v) is 4.47. The fourth-order valence-electron chi connectivity index (χ4n) is 3.03. The molecule has 2 saturated carbocycles. The maximum Gasteiger partial charge on any atom is 0.0600 e. The third kappa shape index (κ3) is 0.798. The molecule has 0 aromatic heterocycles. The molecule has 0 amide bonds. The van der Waals surface area contributed by atoms with Crippen molar-refractivity contribution in [2.45, 2.75) is 32.3 Å². The topological polar surface area (TPSA) is 40.5 Å². The normalized spacial score (nSPS) is 55.4. The monoisotopic (exact) mass is 156 g/mol. The lowest BCUT2D eigenvalue weighted by Crippen LogP contribution is -2.31. The van der Waals surface area contributed by atoms with Gasteiger partial charge in [-0.1, -0.05) is 6.92 Å². The molecule has 0 spiro atoms. The molecule has 0 heterocycles. The Bertz CT molecular complexity index is 169. The van der Waals surface area contributed by atoms with Gasteiger partial charge < -0.3 is 10.2 Å². The summed E-state index contributed by atoms with van der Waals surface area (Å²) < 4.78 is 0. The van der Waals surface area contributed by atoms with E-state index in [-0.39, 0.29) is 18.1 Å². The fraction of sp³-hybridized carbons (Fsp3) is 1.00. The number of hydrogen-bond acceptors (Lipinski definition) is 2. The van der Waals surface area contributed by atoms with Crippen molar-refractivity contribution in [1.29, 1.82) is 0 Å². The lowest BCUT2D eigenvalue weighted by atomic mass is 9.79. The van der Waals surface area contributed by atoms with Gasteiger partial charge in [0.05, 0.1) is 6.10 Å². The molecule has 0 radical (unpaired) electrons. The van der Waals surface area contributed by atoms with Crippen molar-refractivity contribution in [1.82, 2.24) is 0 Å². The molecule has 2 N–H and O–H groups in total. The van der Waals surface area contributed by atoms with Crippen LogP contribution in [0.1, 0.15) is 26.2 Å². The van der Waals surface area contributed by atoms with Crippen molar-refractivity contribution in [3.63, 3.8) is 0 Å². The second kappa shape index (κ2) is 2.20. The SMILES string of the molecule is CC12CCC(CC1O)C2CO. The molecule has 2 fully saturated rings. The Morgan fingerprint density at radius 2 is 2.27 bits per heavy atom. The Morgan fingerprint density at radius 3 is 2.55 bits per heavy atom. The quantitative estimate of drug-likeness (QED) is 0.589. The predicted octanol–water partition coefficient (Wildman–Crippen LogP) is 0.776. The minimum atomic E-state index is -0.154. The van der Waals surface area contributed by atoms with E-state index in [1.54, 1.807) is 0 Å². The van der Waals surface area contributed by atoms with Crippen molar-refractivity contribution < 1.29 is 10.2 Å². The molecule has 0 aromatic rings. The molecule has 4 unspecified atom stereocenters. The number of rotatable bonds is 1. The summed E-state index contributed by atoms with van der Waals surface area (Å²) in [6.45, 7) is 2.38. The molecule has 4 atom stereocenters. The summed E-state index contributed by atoms with van der Waals surface area (Å²) in [4.78, 5) is 0. The van der Waals surface area contributed by atoms with E-state index in [0.29, 0.717) is 11.8 Å². The molecular formula is C9H16O2. The third-order valence-corrected chi connectivity index (χ3v) is 3.95. The van der Waals surface area contributed by atoms with Crippen LogP contribution in [0, 0.1) is 17.3 Å². The number of aliphatic hydroxyl groups excluding tert-OH is 2. The summed E-state index contributed by atoms with van der Waals surface area (Å²) in [6.07, 6.45) is 3.07. The summed E-state index contributed by atoms with van der Waals surface area (Å²) >= 11 is 0. The van der Waals surface area contributed by atoms with Gasteiger partial charge in [-0.05, 0) is 36.5 Å². The summed E-state index contributed by atoms with van der Waals surface area (Å²) in [5.74, 6) is 0.970. The third-order valence-electron chi connectivity index (χ3n) is 3.95. The van der Waals surface area contributed by atoms with Gasteiger partial charge in [0.2, 0.25) is 0 Å². The summed E-state index contributed by atoms with van der Waals surface area (Å²) in [5.41, 5.74) is 0.0411.